The van der Waals surface area contributed by atoms with E-state index in [4.69, 9.17) is 10.1 Å². The van der Waals surface area contributed by atoms with E-state index >= 15 is 0 Å². The number of amides is 1. The Morgan fingerprint density at radius 1 is 1.13 bits per heavy atom. The molecule has 2 saturated heterocycles. The number of nitrogens with one attached hydrogen (secondary N) is 2. The van der Waals surface area contributed by atoms with Gasteiger partial charge >= 0.3 is 0 Å². The summed E-state index contributed by atoms with van der Waals surface area (Å²) in [4.78, 5) is 24.9. The number of carbonyl (C=O) groups excluding carboxylic acids is 1. The second-order valence-corrected chi connectivity index (χ2v) is 7.61. The lowest BCUT2D eigenvalue weighted by atomic mass is 10.1. The first kappa shape index (κ1) is 21.1. The number of carbonyl (C=O) groups is 1. The smallest absolute Gasteiger partial charge is 0.255 e. The third-order valence-corrected chi connectivity index (χ3v) is 5.46. The number of pyridine rings is 2. The Kier molecular flexibility index (Phi) is 6.08. The molecule has 0 bridgehead atoms. The van der Waals surface area contributed by atoms with E-state index in [1.54, 1.807) is 18.5 Å². The summed E-state index contributed by atoms with van der Waals surface area (Å²) in [7, 11) is 0. The molecule has 2 aromatic heterocycles. The van der Waals surface area contributed by atoms with E-state index in [-0.39, 0.29) is 37.4 Å². The number of alkyl halides is 2. The summed E-state index contributed by atoms with van der Waals surface area (Å²) in [5.41, 5.74) is 2.36. The zero-order valence-corrected chi connectivity index (χ0v) is 17.0. The van der Waals surface area contributed by atoms with Crippen LogP contribution in [0.1, 0.15) is 28.8 Å². The molecule has 0 aromatic carbocycles. The molecular weight excluding hydrogens is 406 g/mol. The predicted octanol–water partition coefficient (Wildman–Crippen LogP) is 2.93. The minimum Gasteiger partial charge on any atom is -0.378 e. The summed E-state index contributed by atoms with van der Waals surface area (Å²) < 4.78 is 32.1. The molecule has 2 aliphatic rings. The van der Waals surface area contributed by atoms with Crippen molar-refractivity contribution in [1.29, 1.82) is 5.41 Å². The van der Waals surface area contributed by atoms with Crippen LogP contribution >= 0.6 is 0 Å². The Morgan fingerprint density at radius 3 is 2.58 bits per heavy atom. The highest BCUT2D eigenvalue weighted by atomic mass is 19.3. The second-order valence-electron chi connectivity index (χ2n) is 7.61. The van der Waals surface area contributed by atoms with Crippen LogP contribution in [-0.2, 0) is 4.74 Å². The van der Waals surface area contributed by atoms with Gasteiger partial charge in [-0.15, -0.1) is 0 Å². The lowest BCUT2D eigenvalue weighted by Gasteiger charge is -2.31. The summed E-state index contributed by atoms with van der Waals surface area (Å²) in [6, 6.07) is 3.50. The fraction of sp³-hybridized carbons (Fsp3) is 0.429. The first-order valence-corrected chi connectivity index (χ1v) is 10.2. The lowest BCUT2D eigenvalue weighted by molar-refractivity contribution is -0.0494. The van der Waals surface area contributed by atoms with E-state index in [1.807, 2.05) is 6.07 Å². The molecule has 10 heteroatoms. The lowest BCUT2D eigenvalue weighted by Crippen LogP contribution is -2.42. The zero-order valence-electron chi connectivity index (χ0n) is 17.0. The number of nitrogens with zero attached hydrogens (tertiary/aromatic N) is 4. The van der Waals surface area contributed by atoms with Crippen LogP contribution in [0.5, 0.6) is 0 Å². The highest BCUT2D eigenvalue weighted by Gasteiger charge is 2.35. The standard InChI is InChI=1S/C21H24F2N6O2/c22-21(23)1-3-29(4-2-21)20(30)16-9-15(11-24)19(26-12-16)27-17-10-18(14-25-13-17)28-5-7-31-8-6-28/h9-14,24H,1-8H2,(H,26,27). The Bertz CT molecular complexity index is 955. The van der Waals surface area contributed by atoms with Gasteiger partial charge in [0.1, 0.15) is 5.82 Å². The van der Waals surface area contributed by atoms with Gasteiger partial charge in [-0.1, -0.05) is 0 Å². The van der Waals surface area contributed by atoms with Crippen LogP contribution < -0.4 is 10.2 Å². The summed E-state index contributed by atoms with van der Waals surface area (Å²) in [5, 5.41) is 10.9. The molecule has 0 unspecified atom stereocenters. The van der Waals surface area contributed by atoms with Crippen molar-refractivity contribution in [3.63, 3.8) is 0 Å². The van der Waals surface area contributed by atoms with Gasteiger partial charge in [0, 0.05) is 57.0 Å². The van der Waals surface area contributed by atoms with Crippen LogP contribution in [0, 0.1) is 5.41 Å². The van der Waals surface area contributed by atoms with E-state index in [2.05, 4.69) is 20.2 Å². The highest BCUT2D eigenvalue weighted by molar-refractivity contribution is 5.97. The van der Waals surface area contributed by atoms with Gasteiger partial charge in [-0.2, -0.15) is 0 Å². The average molecular weight is 430 g/mol. The zero-order chi connectivity index (χ0) is 21.8. The molecule has 0 atom stereocenters. The van der Waals surface area contributed by atoms with Gasteiger partial charge in [-0.05, 0) is 12.1 Å². The van der Waals surface area contributed by atoms with Gasteiger partial charge in [0.2, 0.25) is 0 Å². The van der Waals surface area contributed by atoms with Gasteiger partial charge in [0.05, 0.1) is 42.5 Å². The topological polar surface area (TPSA) is 94.4 Å². The molecule has 2 fully saturated rings. The summed E-state index contributed by atoms with van der Waals surface area (Å²) >= 11 is 0. The number of halogens is 2. The molecular formula is C21H24F2N6O2. The number of anilines is 3. The van der Waals surface area contributed by atoms with Crippen molar-refractivity contribution in [2.45, 2.75) is 18.8 Å². The van der Waals surface area contributed by atoms with Gasteiger partial charge in [0.25, 0.3) is 11.8 Å². The van der Waals surface area contributed by atoms with Crippen molar-refractivity contribution < 1.29 is 18.3 Å². The van der Waals surface area contributed by atoms with E-state index in [1.165, 1.54) is 11.1 Å². The third-order valence-electron chi connectivity index (χ3n) is 5.46. The quantitative estimate of drug-likeness (QED) is 0.709. The Balaban J connectivity index is 1.49. The number of hydrogen-bond acceptors (Lipinski definition) is 7. The van der Waals surface area contributed by atoms with Gasteiger partial charge in [0.15, 0.2) is 0 Å². The van der Waals surface area contributed by atoms with Crippen LogP contribution in [0.4, 0.5) is 26.0 Å². The molecule has 4 rings (SSSR count). The number of hydrogen-bond donors (Lipinski definition) is 2. The normalized spacial score (nSPS) is 18.5. The first-order valence-electron chi connectivity index (χ1n) is 10.2. The van der Waals surface area contributed by atoms with Crippen molar-refractivity contribution in [3.05, 3.63) is 41.9 Å². The largest absolute Gasteiger partial charge is 0.378 e. The first-order chi connectivity index (χ1) is 14.9. The minimum atomic E-state index is -2.72. The number of aromatic nitrogens is 2. The molecule has 4 heterocycles. The fourth-order valence-corrected chi connectivity index (χ4v) is 3.66. The van der Waals surface area contributed by atoms with Crippen molar-refractivity contribution in [1.82, 2.24) is 14.9 Å². The van der Waals surface area contributed by atoms with Gasteiger partial charge < -0.3 is 25.3 Å². The molecule has 8 nitrogen and oxygen atoms in total. The van der Waals surface area contributed by atoms with Crippen LogP contribution in [-0.4, -0.2) is 72.3 Å². The van der Waals surface area contributed by atoms with E-state index in [9.17, 15) is 13.6 Å². The van der Waals surface area contributed by atoms with Crippen LogP contribution in [0.2, 0.25) is 0 Å². The number of ether oxygens (including phenoxy) is 1. The van der Waals surface area contributed by atoms with E-state index in [0.29, 0.717) is 30.3 Å². The average Bonchev–Trinajstić information content (AvgIpc) is 2.80. The molecule has 0 aliphatic carbocycles. The number of rotatable bonds is 5. The second kappa shape index (κ2) is 8.93. The molecule has 0 radical (unpaired) electrons. The number of likely N-dealkylation sites (tertiary alicyclic amines) is 1. The molecule has 2 aliphatic heterocycles. The monoisotopic (exact) mass is 430 g/mol. The molecule has 0 saturated carbocycles. The maximum atomic E-state index is 13.4. The van der Waals surface area contributed by atoms with Crippen LogP contribution in [0.3, 0.4) is 0 Å². The fourth-order valence-electron chi connectivity index (χ4n) is 3.66. The molecule has 2 aromatic rings. The number of piperidine rings is 1. The van der Waals surface area contributed by atoms with Gasteiger partial charge in [-0.25, -0.2) is 13.8 Å². The van der Waals surface area contributed by atoms with Crippen molar-refractivity contribution in [2.24, 2.45) is 0 Å². The summed E-state index contributed by atoms with van der Waals surface area (Å²) in [5.74, 6) is -2.65. The van der Waals surface area contributed by atoms with Gasteiger partial charge in [-0.3, -0.25) is 9.78 Å². The number of morpholine rings is 1. The summed E-state index contributed by atoms with van der Waals surface area (Å²) in [6.45, 7) is 2.92. The Morgan fingerprint density at radius 2 is 1.87 bits per heavy atom. The van der Waals surface area contributed by atoms with Crippen molar-refractivity contribution >= 4 is 29.3 Å². The SMILES string of the molecule is N=Cc1cc(C(=O)N2CCC(F)(F)CC2)cnc1Nc1cncc(N2CCOCC2)c1. The highest BCUT2D eigenvalue weighted by Crippen LogP contribution is 2.29. The molecule has 2 N–H and O–H groups in total. The van der Waals surface area contributed by atoms with Crippen molar-refractivity contribution in [3.8, 4) is 0 Å². The Labute approximate surface area is 178 Å². The van der Waals surface area contributed by atoms with Crippen LogP contribution in [0.25, 0.3) is 0 Å². The summed E-state index contributed by atoms with van der Waals surface area (Å²) in [6.07, 6.45) is 5.28. The molecule has 31 heavy (non-hydrogen) atoms. The maximum Gasteiger partial charge on any atom is 0.255 e. The predicted molar refractivity (Wildman–Crippen MR) is 113 cm³/mol. The molecule has 164 valence electrons. The van der Waals surface area contributed by atoms with E-state index in [0.717, 1.165) is 25.0 Å². The minimum absolute atomic E-state index is 0.00571. The molecule has 1 amide bonds. The third kappa shape index (κ3) is 4.96. The molecule has 0 spiro atoms. The maximum absolute atomic E-state index is 13.4. The van der Waals surface area contributed by atoms with Crippen LogP contribution in [0.15, 0.2) is 30.7 Å². The van der Waals surface area contributed by atoms with Crippen molar-refractivity contribution in [2.75, 3.05) is 49.6 Å². The van der Waals surface area contributed by atoms with E-state index < -0.39 is 5.92 Å². The Hall–Kier alpha value is -3.14.